The van der Waals surface area contributed by atoms with Crippen molar-refractivity contribution in [2.45, 2.75) is 70.8 Å². The quantitative estimate of drug-likeness (QED) is 0.535. The van der Waals surface area contributed by atoms with Crippen molar-refractivity contribution in [1.82, 2.24) is 4.90 Å². The van der Waals surface area contributed by atoms with Gasteiger partial charge in [0.2, 0.25) is 0 Å². The molecule has 0 aromatic carbocycles. The summed E-state index contributed by atoms with van der Waals surface area (Å²) in [5.74, 6) is 0.215. The molecule has 1 saturated carbocycles. The van der Waals surface area contributed by atoms with Crippen LogP contribution in [0.25, 0.3) is 0 Å². The number of amides is 2. The molecule has 1 saturated heterocycles. The minimum absolute atomic E-state index is 0.0897. The van der Waals surface area contributed by atoms with Crippen molar-refractivity contribution in [3.63, 3.8) is 0 Å². The lowest BCUT2D eigenvalue weighted by atomic mass is 9.94. The van der Waals surface area contributed by atoms with Crippen LogP contribution in [0.15, 0.2) is 0 Å². The fraction of sp³-hybridized carbons (Fsp3) is 0.867. The first kappa shape index (κ1) is 16.5. The molecule has 2 rings (SSSR count). The molecule has 0 N–H and O–H groups in total. The fourth-order valence-corrected chi connectivity index (χ4v) is 5.95. The van der Waals surface area contributed by atoms with E-state index in [1.807, 2.05) is 0 Å². The molecule has 2 unspecified atom stereocenters. The molecule has 2 fully saturated rings. The van der Waals surface area contributed by atoms with E-state index < -0.39 is 20.5 Å². The molecule has 0 aromatic heterocycles. The Balaban J connectivity index is 2.10. The monoisotopic (exact) mass is 313 g/mol. The topological polar surface area (TPSA) is 55.8 Å². The van der Waals surface area contributed by atoms with E-state index in [2.05, 4.69) is 20.8 Å². The number of hydrogen-bond acceptors (Lipinski definition) is 4. The number of rotatable bonds is 7. The molecule has 0 spiro atoms. The molecular weight excluding hydrogens is 286 g/mol. The summed E-state index contributed by atoms with van der Waals surface area (Å²) in [5.41, 5.74) is 0. The van der Waals surface area contributed by atoms with Crippen LogP contribution in [-0.4, -0.2) is 44.0 Å². The molecule has 0 bridgehead atoms. The van der Waals surface area contributed by atoms with E-state index in [0.29, 0.717) is 12.5 Å². The van der Waals surface area contributed by atoms with Crippen LogP contribution in [0.2, 0.25) is 18.1 Å². The van der Waals surface area contributed by atoms with Gasteiger partial charge in [0.05, 0.1) is 12.6 Å². The van der Waals surface area contributed by atoms with Crippen LogP contribution < -0.4 is 0 Å². The van der Waals surface area contributed by atoms with Gasteiger partial charge in [0.25, 0.3) is 5.91 Å². The Kier molecular flexibility index (Phi) is 5.09. The summed E-state index contributed by atoms with van der Waals surface area (Å²) in [7, 11) is -1.83. The molecule has 2 aliphatic rings. The van der Waals surface area contributed by atoms with Crippen molar-refractivity contribution >= 4 is 20.3 Å². The highest BCUT2D eigenvalue weighted by molar-refractivity contribution is 6.73. The standard InChI is InChI=1S/C15H27NO4Si/c1-5-19-15(18)16-12(11-9-10-11)13(14(16)17)20-21(6-2,7-3)8-4/h11-13H,5-10H2,1-4H3. The SMILES string of the molecule is CCOC(=O)N1C(=O)C(O[Si](CC)(CC)CC)C1C1CC1. The maximum Gasteiger partial charge on any atom is 0.416 e. The summed E-state index contributed by atoms with van der Waals surface area (Å²) in [5, 5.41) is 0. The summed E-state index contributed by atoms with van der Waals surface area (Å²) in [6, 6.07) is 2.95. The van der Waals surface area contributed by atoms with Gasteiger partial charge in [0, 0.05) is 0 Å². The molecule has 2 atom stereocenters. The minimum Gasteiger partial charge on any atom is -0.449 e. The van der Waals surface area contributed by atoms with Gasteiger partial charge >= 0.3 is 6.09 Å². The number of imide groups is 1. The van der Waals surface area contributed by atoms with Crippen LogP contribution in [-0.2, 0) is 14.0 Å². The van der Waals surface area contributed by atoms with Gasteiger partial charge in [-0.25, -0.2) is 9.69 Å². The fourth-order valence-electron chi connectivity index (χ4n) is 3.17. The number of hydrogen-bond donors (Lipinski definition) is 0. The summed E-state index contributed by atoms with van der Waals surface area (Å²) >= 11 is 0. The Morgan fingerprint density at radius 2 is 1.76 bits per heavy atom. The van der Waals surface area contributed by atoms with E-state index in [4.69, 9.17) is 9.16 Å². The Labute approximate surface area is 128 Å². The number of ether oxygens (including phenoxy) is 1. The number of β-lactam (4-membered cyclic amide) rings is 1. The Morgan fingerprint density at radius 1 is 1.19 bits per heavy atom. The number of likely N-dealkylation sites (tertiary alicyclic amines) is 1. The molecule has 0 radical (unpaired) electrons. The highest BCUT2D eigenvalue weighted by Crippen LogP contribution is 2.44. The van der Waals surface area contributed by atoms with Crippen molar-refractivity contribution in [2.75, 3.05) is 6.61 Å². The first-order chi connectivity index (χ1) is 10.0. The van der Waals surface area contributed by atoms with Crippen LogP contribution in [0.4, 0.5) is 4.79 Å². The highest BCUT2D eigenvalue weighted by atomic mass is 28.4. The molecule has 2 amide bonds. The second kappa shape index (κ2) is 6.48. The third kappa shape index (κ3) is 3.01. The smallest absolute Gasteiger partial charge is 0.416 e. The lowest BCUT2D eigenvalue weighted by Gasteiger charge is -2.48. The highest BCUT2D eigenvalue weighted by Gasteiger charge is 2.59. The summed E-state index contributed by atoms with van der Waals surface area (Å²) in [6.45, 7) is 8.50. The molecule has 5 nitrogen and oxygen atoms in total. The lowest BCUT2D eigenvalue weighted by molar-refractivity contribution is -0.161. The largest absolute Gasteiger partial charge is 0.449 e. The van der Waals surface area contributed by atoms with Crippen LogP contribution in [0.3, 0.4) is 0 Å². The predicted molar refractivity (Wildman–Crippen MR) is 82.5 cm³/mol. The number of carbonyl (C=O) groups excluding carboxylic acids is 2. The van der Waals surface area contributed by atoms with Gasteiger partial charge < -0.3 is 9.16 Å². The van der Waals surface area contributed by atoms with Crippen LogP contribution in [0, 0.1) is 5.92 Å². The molecule has 1 aliphatic carbocycles. The molecule has 120 valence electrons. The van der Waals surface area contributed by atoms with Gasteiger partial charge in [0.15, 0.2) is 8.32 Å². The third-order valence-corrected chi connectivity index (χ3v) is 9.59. The zero-order valence-electron chi connectivity index (χ0n) is 13.6. The number of carbonyl (C=O) groups is 2. The van der Waals surface area contributed by atoms with Gasteiger partial charge in [-0.15, -0.1) is 0 Å². The Morgan fingerprint density at radius 3 is 2.19 bits per heavy atom. The van der Waals surface area contributed by atoms with Crippen LogP contribution in [0.1, 0.15) is 40.5 Å². The molecule has 21 heavy (non-hydrogen) atoms. The van der Waals surface area contributed by atoms with Crippen molar-refractivity contribution in [2.24, 2.45) is 5.92 Å². The summed E-state index contributed by atoms with van der Waals surface area (Å²) < 4.78 is 11.3. The molecule has 0 aromatic rings. The zero-order valence-corrected chi connectivity index (χ0v) is 14.6. The van der Waals surface area contributed by atoms with E-state index in [0.717, 1.165) is 31.0 Å². The molecule has 1 aliphatic heterocycles. The first-order valence-electron chi connectivity index (χ1n) is 8.21. The van der Waals surface area contributed by atoms with Crippen molar-refractivity contribution in [1.29, 1.82) is 0 Å². The first-order valence-corrected chi connectivity index (χ1v) is 10.7. The second-order valence-electron chi connectivity index (χ2n) is 6.02. The van der Waals surface area contributed by atoms with Gasteiger partial charge in [-0.2, -0.15) is 0 Å². The van der Waals surface area contributed by atoms with Gasteiger partial charge in [-0.1, -0.05) is 20.8 Å². The van der Waals surface area contributed by atoms with E-state index in [1.165, 1.54) is 4.90 Å². The van der Waals surface area contributed by atoms with Crippen molar-refractivity contribution < 1.29 is 18.8 Å². The predicted octanol–water partition coefficient (Wildman–Crippen LogP) is 3.15. The maximum absolute atomic E-state index is 12.4. The molecule has 6 heteroatoms. The zero-order chi connectivity index (χ0) is 15.6. The third-order valence-electron chi connectivity index (χ3n) is 4.97. The summed E-state index contributed by atoms with van der Waals surface area (Å²) in [6.07, 6.45) is 1.24. The van der Waals surface area contributed by atoms with Crippen LogP contribution >= 0.6 is 0 Å². The van der Waals surface area contributed by atoms with E-state index in [9.17, 15) is 9.59 Å². The summed E-state index contributed by atoms with van der Waals surface area (Å²) in [4.78, 5) is 25.6. The normalized spacial score (nSPS) is 25.7. The van der Waals surface area contributed by atoms with Crippen molar-refractivity contribution in [3.05, 3.63) is 0 Å². The lowest BCUT2D eigenvalue weighted by Crippen LogP contribution is -2.70. The second-order valence-corrected chi connectivity index (χ2v) is 10.7. The minimum atomic E-state index is -1.83. The van der Waals surface area contributed by atoms with Gasteiger partial charge in [0.1, 0.15) is 6.10 Å². The molecular formula is C15H27NO4Si. The average Bonchev–Trinajstić information content (AvgIpc) is 3.31. The van der Waals surface area contributed by atoms with Gasteiger partial charge in [-0.05, 0) is 43.8 Å². The Hall–Kier alpha value is -0.883. The molecule has 1 heterocycles. The maximum atomic E-state index is 12.4. The van der Waals surface area contributed by atoms with E-state index in [1.54, 1.807) is 6.92 Å². The number of nitrogens with zero attached hydrogens (tertiary/aromatic N) is 1. The van der Waals surface area contributed by atoms with E-state index in [-0.39, 0.29) is 11.9 Å². The Bertz CT molecular complexity index is 398. The van der Waals surface area contributed by atoms with Crippen molar-refractivity contribution in [3.8, 4) is 0 Å². The van der Waals surface area contributed by atoms with Crippen LogP contribution in [0.5, 0.6) is 0 Å². The average molecular weight is 313 g/mol. The van der Waals surface area contributed by atoms with E-state index >= 15 is 0 Å². The van der Waals surface area contributed by atoms with Gasteiger partial charge in [-0.3, -0.25) is 4.79 Å².